The lowest BCUT2D eigenvalue weighted by atomic mass is 9.49. The SMILES string of the molecule is CC(C)(C)OC(=O)CC1(O)C2CC3CC(C2)CC1C3. The summed E-state index contributed by atoms with van der Waals surface area (Å²) < 4.78 is 5.41. The molecule has 0 aromatic carbocycles. The van der Waals surface area contributed by atoms with Crippen LogP contribution in [0.2, 0.25) is 0 Å². The lowest BCUT2D eigenvalue weighted by molar-refractivity contribution is -0.194. The molecule has 0 aromatic rings. The number of carbonyl (C=O) groups excluding carboxylic acids is 1. The van der Waals surface area contributed by atoms with Gasteiger partial charge >= 0.3 is 5.97 Å². The van der Waals surface area contributed by atoms with Crippen molar-refractivity contribution in [2.24, 2.45) is 23.7 Å². The second-order valence-electron chi connectivity index (χ2n) is 8.06. The maximum atomic E-state index is 12.1. The Balaban J connectivity index is 1.71. The molecule has 0 heterocycles. The van der Waals surface area contributed by atoms with Crippen molar-refractivity contribution in [1.82, 2.24) is 0 Å². The number of aliphatic hydroxyl groups is 1. The maximum absolute atomic E-state index is 12.1. The predicted octanol–water partition coefficient (Wildman–Crippen LogP) is 2.91. The largest absolute Gasteiger partial charge is 0.460 e. The van der Waals surface area contributed by atoms with Crippen molar-refractivity contribution >= 4 is 5.97 Å². The molecule has 0 saturated heterocycles. The average Bonchev–Trinajstić information content (AvgIpc) is 2.22. The normalized spacial score (nSPS) is 44.4. The Morgan fingerprint density at radius 1 is 1.11 bits per heavy atom. The standard InChI is InChI=1S/C16H26O3/c1-15(2,3)19-14(17)9-16(18)12-5-10-4-11(7-12)8-13(16)6-10/h10-13,18H,4-9H2,1-3H3. The van der Waals surface area contributed by atoms with Gasteiger partial charge in [-0.05, 0) is 76.5 Å². The van der Waals surface area contributed by atoms with Crippen LogP contribution in [0.4, 0.5) is 0 Å². The van der Waals surface area contributed by atoms with Gasteiger partial charge in [-0.2, -0.15) is 0 Å². The Labute approximate surface area is 115 Å². The number of ether oxygens (including phenoxy) is 1. The summed E-state index contributed by atoms with van der Waals surface area (Å²) >= 11 is 0. The molecule has 0 radical (unpaired) electrons. The summed E-state index contributed by atoms with van der Waals surface area (Å²) in [6.07, 6.45) is 6.02. The number of hydrogen-bond donors (Lipinski definition) is 1. The molecule has 108 valence electrons. The summed E-state index contributed by atoms with van der Waals surface area (Å²) in [4.78, 5) is 12.1. The quantitative estimate of drug-likeness (QED) is 0.782. The number of esters is 1. The Morgan fingerprint density at radius 3 is 2.00 bits per heavy atom. The number of rotatable bonds is 2. The van der Waals surface area contributed by atoms with E-state index in [0.717, 1.165) is 37.5 Å². The van der Waals surface area contributed by atoms with Gasteiger partial charge in [0, 0.05) is 0 Å². The highest BCUT2D eigenvalue weighted by molar-refractivity contribution is 5.71. The Morgan fingerprint density at radius 2 is 1.58 bits per heavy atom. The van der Waals surface area contributed by atoms with Gasteiger partial charge in [-0.1, -0.05) is 0 Å². The topological polar surface area (TPSA) is 46.5 Å². The van der Waals surface area contributed by atoms with E-state index in [1.54, 1.807) is 0 Å². The lowest BCUT2D eigenvalue weighted by Gasteiger charge is -2.58. The lowest BCUT2D eigenvalue weighted by Crippen LogP contribution is -2.58. The van der Waals surface area contributed by atoms with Crippen LogP contribution in [-0.2, 0) is 9.53 Å². The first-order valence-electron chi connectivity index (χ1n) is 7.70. The molecule has 4 saturated carbocycles. The summed E-state index contributed by atoms with van der Waals surface area (Å²) in [5.41, 5.74) is -1.24. The molecule has 4 rings (SSSR count). The Kier molecular flexibility index (Phi) is 2.97. The minimum Gasteiger partial charge on any atom is -0.460 e. The third kappa shape index (κ3) is 2.42. The van der Waals surface area contributed by atoms with Crippen LogP contribution < -0.4 is 0 Å². The fourth-order valence-electron chi connectivity index (χ4n) is 4.90. The van der Waals surface area contributed by atoms with Crippen LogP contribution in [0.3, 0.4) is 0 Å². The predicted molar refractivity (Wildman–Crippen MR) is 72.5 cm³/mol. The van der Waals surface area contributed by atoms with Gasteiger partial charge in [0.2, 0.25) is 0 Å². The van der Waals surface area contributed by atoms with Crippen LogP contribution in [0, 0.1) is 23.7 Å². The van der Waals surface area contributed by atoms with Gasteiger partial charge in [-0.25, -0.2) is 0 Å². The highest BCUT2D eigenvalue weighted by Gasteiger charge is 2.57. The number of hydrogen-bond acceptors (Lipinski definition) is 3. The smallest absolute Gasteiger partial charge is 0.309 e. The van der Waals surface area contributed by atoms with Gasteiger partial charge in [0.1, 0.15) is 5.60 Å². The van der Waals surface area contributed by atoms with E-state index >= 15 is 0 Å². The summed E-state index contributed by atoms with van der Waals surface area (Å²) in [5, 5.41) is 11.1. The zero-order valence-electron chi connectivity index (χ0n) is 12.3. The monoisotopic (exact) mass is 266 g/mol. The molecule has 0 aromatic heterocycles. The summed E-state index contributed by atoms with van der Waals surface area (Å²) in [6.45, 7) is 5.64. The Hall–Kier alpha value is -0.570. The van der Waals surface area contributed by atoms with Gasteiger partial charge in [-0.15, -0.1) is 0 Å². The van der Waals surface area contributed by atoms with Crippen molar-refractivity contribution in [2.45, 2.75) is 70.5 Å². The van der Waals surface area contributed by atoms with Crippen molar-refractivity contribution in [3.63, 3.8) is 0 Å². The molecule has 3 heteroatoms. The van der Waals surface area contributed by atoms with Crippen LogP contribution >= 0.6 is 0 Å². The molecule has 0 atom stereocenters. The van der Waals surface area contributed by atoms with E-state index in [1.165, 1.54) is 6.42 Å². The first-order valence-corrected chi connectivity index (χ1v) is 7.70. The third-order valence-electron chi connectivity index (χ3n) is 5.40. The van der Waals surface area contributed by atoms with Crippen LogP contribution in [-0.4, -0.2) is 22.3 Å². The Bertz CT molecular complexity index is 352. The molecular formula is C16H26O3. The van der Waals surface area contributed by atoms with Crippen LogP contribution in [0.15, 0.2) is 0 Å². The molecule has 0 aliphatic heterocycles. The van der Waals surface area contributed by atoms with E-state index in [2.05, 4.69) is 0 Å². The minimum absolute atomic E-state index is 0.193. The van der Waals surface area contributed by atoms with Crippen LogP contribution in [0.1, 0.15) is 59.3 Å². The van der Waals surface area contributed by atoms with Crippen molar-refractivity contribution in [3.8, 4) is 0 Å². The highest BCUT2D eigenvalue weighted by atomic mass is 16.6. The molecule has 1 N–H and O–H groups in total. The number of carbonyl (C=O) groups is 1. The summed E-state index contributed by atoms with van der Waals surface area (Å²) in [5.74, 6) is 2.04. The van der Waals surface area contributed by atoms with Crippen molar-refractivity contribution in [1.29, 1.82) is 0 Å². The highest BCUT2D eigenvalue weighted by Crippen LogP contribution is 2.59. The fourth-order valence-corrected chi connectivity index (χ4v) is 4.90. The fraction of sp³-hybridized carbons (Fsp3) is 0.938. The van der Waals surface area contributed by atoms with E-state index in [-0.39, 0.29) is 12.4 Å². The zero-order chi connectivity index (χ0) is 13.8. The molecule has 0 unspecified atom stereocenters. The second kappa shape index (κ2) is 4.21. The molecule has 0 spiro atoms. The van der Waals surface area contributed by atoms with Crippen molar-refractivity contribution in [2.75, 3.05) is 0 Å². The second-order valence-corrected chi connectivity index (χ2v) is 8.06. The molecule has 4 aliphatic rings. The molecule has 0 amide bonds. The van der Waals surface area contributed by atoms with Crippen LogP contribution in [0.5, 0.6) is 0 Å². The van der Waals surface area contributed by atoms with Crippen molar-refractivity contribution < 1.29 is 14.6 Å². The van der Waals surface area contributed by atoms with E-state index < -0.39 is 11.2 Å². The van der Waals surface area contributed by atoms with E-state index in [0.29, 0.717) is 11.8 Å². The maximum Gasteiger partial charge on any atom is 0.309 e. The molecule has 19 heavy (non-hydrogen) atoms. The molecule has 4 bridgehead atoms. The van der Waals surface area contributed by atoms with E-state index in [4.69, 9.17) is 4.74 Å². The van der Waals surface area contributed by atoms with E-state index in [1.807, 2.05) is 20.8 Å². The summed E-state index contributed by atoms with van der Waals surface area (Å²) in [6, 6.07) is 0. The molecule has 3 nitrogen and oxygen atoms in total. The van der Waals surface area contributed by atoms with E-state index in [9.17, 15) is 9.90 Å². The third-order valence-corrected chi connectivity index (χ3v) is 5.40. The van der Waals surface area contributed by atoms with Gasteiger partial charge in [0.15, 0.2) is 0 Å². The van der Waals surface area contributed by atoms with Gasteiger partial charge in [0.25, 0.3) is 0 Å². The molecular weight excluding hydrogens is 240 g/mol. The summed E-state index contributed by atoms with van der Waals surface area (Å²) in [7, 11) is 0. The van der Waals surface area contributed by atoms with Crippen LogP contribution in [0.25, 0.3) is 0 Å². The zero-order valence-corrected chi connectivity index (χ0v) is 12.3. The van der Waals surface area contributed by atoms with Gasteiger partial charge in [-0.3, -0.25) is 4.79 Å². The minimum atomic E-state index is -0.782. The van der Waals surface area contributed by atoms with Gasteiger partial charge < -0.3 is 9.84 Å². The van der Waals surface area contributed by atoms with Gasteiger partial charge in [0.05, 0.1) is 12.0 Å². The van der Waals surface area contributed by atoms with Crippen molar-refractivity contribution in [3.05, 3.63) is 0 Å². The first kappa shape index (κ1) is 13.4. The molecule has 4 fully saturated rings. The molecule has 4 aliphatic carbocycles. The average molecular weight is 266 g/mol. The first-order chi connectivity index (χ1) is 8.76.